The molecule has 0 saturated carbocycles. The third kappa shape index (κ3) is 5.44. The standard InChI is InChI=1S/C28H34O2/c1-19-11-9-15-27(23(19)5)29-21(3)17-25-13-7-8-14-26(25)18-22(4)30-28-16-10-12-20(2)24(28)6/h7-16,21-22H,17-18H2,1-6H3. The summed E-state index contributed by atoms with van der Waals surface area (Å²) >= 11 is 0. The predicted molar refractivity (Wildman–Crippen MR) is 126 cm³/mol. The zero-order valence-corrected chi connectivity index (χ0v) is 19.2. The highest BCUT2D eigenvalue weighted by molar-refractivity contribution is 5.39. The van der Waals surface area contributed by atoms with Gasteiger partial charge in [-0.05, 0) is 87.1 Å². The van der Waals surface area contributed by atoms with E-state index in [1.807, 2.05) is 0 Å². The molecule has 158 valence electrons. The lowest BCUT2D eigenvalue weighted by molar-refractivity contribution is 0.214. The van der Waals surface area contributed by atoms with Crippen molar-refractivity contribution >= 4 is 0 Å². The molecule has 2 unspecified atom stereocenters. The van der Waals surface area contributed by atoms with Crippen LogP contribution in [0.2, 0.25) is 0 Å². The molecule has 3 aromatic rings. The van der Waals surface area contributed by atoms with Crippen molar-refractivity contribution in [1.82, 2.24) is 0 Å². The second kappa shape index (κ2) is 9.84. The van der Waals surface area contributed by atoms with Crippen LogP contribution in [-0.4, -0.2) is 12.2 Å². The number of benzene rings is 3. The lowest BCUT2D eigenvalue weighted by Gasteiger charge is -2.21. The van der Waals surface area contributed by atoms with Crippen LogP contribution < -0.4 is 9.47 Å². The van der Waals surface area contributed by atoms with Crippen LogP contribution in [0.5, 0.6) is 11.5 Å². The highest BCUT2D eigenvalue weighted by atomic mass is 16.5. The second-order valence-corrected chi connectivity index (χ2v) is 8.43. The summed E-state index contributed by atoms with van der Waals surface area (Å²) in [5, 5.41) is 0. The van der Waals surface area contributed by atoms with Gasteiger partial charge in [-0.15, -0.1) is 0 Å². The first-order valence-electron chi connectivity index (χ1n) is 10.9. The topological polar surface area (TPSA) is 18.5 Å². The SMILES string of the molecule is Cc1cccc(OC(C)Cc2ccccc2CC(C)Oc2cccc(C)c2C)c1C. The van der Waals surface area contributed by atoms with Crippen LogP contribution >= 0.6 is 0 Å². The van der Waals surface area contributed by atoms with Gasteiger partial charge in [0.1, 0.15) is 11.5 Å². The van der Waals surface area contributed by atoms with Gasteiger partial charge in [0, 0.05) is 12.8 Å². The van der Waals surface area contributed by atoms with Crippen molar-refractivity contribution in [1.29, 1.82) is 0 Å². The van der Waals surface area contributed by atoms with Crippen LogP contribution in [0.4, 0.5) is 0 Å². The zero-order valence-electron chi connectivity index (χ0n) is 19.2. The van der Waals surface area contributed by atoms with Gasteiger partial charge in [-0.25, -0.2) is 0 Å². The molecular weight excluding hydrogens is 368 g/mol. The summed E-state index contributed by atoms with van der Waals surface area (Å²) in [5.41, 5.74) is 7.61. The fourth-order valence-corrected chi connectivity index (χ4v) is 3.80. The molecule has 30 heavy (non-hydrogen) atoms. The van der Waals surface area contributed by atoms with Crippen LogP contribution in [0.15, 0.2) is 60.7 Å². The summed E-state index contributed by atoms with van der Waals surface area (Å²) in [6.45, 7) is 12.8. The summed E-state index contributed by atoms with van der Waals surface area (Å²) in [5.74, 6) is 1.96. The average Bonchev–Trinajstić information content (AvgIpc) is 2.70. The maximum atomic E-state index is 6.28. The third-order valence-corrected chi connectivity index (χ3v) is 5.90. The summed E-state index contributed by atoms with van der Waals surface area (Å²) in [6.07, 6.45) is 1.95. The number of aryl methyl sites for hydroxylation is 2. The van der Waals surface area contributed by atoms with Crippen molar-refractivity contribution in [2.75, 3.05) is 0 Å². The minimum absolute atomic E-state index is 0.0990. The molecule has 0 saturated heterocycles. The normalized spacial score (nSPS) is 13.0. The lowest BCUT2D eigenvalue weighted by Crippen LogP contribution is -2.20. The Morgan fingerprint density at radius 3 is 1.37 bits per heavy atom. The van der Waals surface area contributed by atoms with Crippen molar-refractivity contribution in [2.45, 2.75) is 66.6 Å². The fraction of sp³-hybridized carbons (Fsp3) is 0.357. The maximum Gasteiger partial charge on any atom is 0.122 e. The Labute approximate surface area is 181 Å². The van der Waals surface area contributed by atoms with Gasteiger partial charge in [0.25, 0.3) is 0 Å². The summed E-state index contributed by atoms with van der Waals surface area (Å²) in [7, 11) is 0. The Balaban J connectivity index is 1.68. The van der Waals surface area contributed by atoms with E-state index in [4.69, 9.17) is 9.47 Å². The van der Waals surface area contributed by atoms with Crippen molar-refractivity contribution in [2.24, 2.45) is 0 Å². The maximum absolute atomic E-state index is 6.28. The van der Waals surface area contributed by atoms with Gasteiger partial charge in [0.05, 0.1) is 12.2 Å². The third-order valence-electron chi connectivity index (χ3n) is 5.90. The smallest absolute Gasteiger partial charge is 0.122 e. The molecule has 0 aliphatic rings. The highest BCUT2D eigenvalue weighted by Crippen LogP contribution is 2.25. The summed E-state index contributed by atoms with van der Waals surface area (Å²) in [4.78, 5) is 0. The van der Waals surface area contributed by atoms with Crippen molar-refractivity contribution < 1.29 is 9.47 Å². The summed E-state index contributed by atoms with van der Waals surface area (Å²) < 4.78 is 12.6. The highest BCUT2D eigenvalue weighted by Gasteiger charge is 2.14. The van der Waals surface area contributed by atoms with Crippen molar-refractivity contribution in [3.63, 3.8) is 0 Å². The van der Waals surface area contributed by atoms with Crippen molar-refractivity contribution in [3.05, 3.63) is 94.0 Å². The monoisotopic (exact) mass is 402 g/mol. The Morgan fingerprint density at radius 1 is 0.567 bits per heavy atom. The molecule has 3 rings (SSSR count). The Bertz CT molecular complexity index is 909. The van der Waals surface area contributed by atoms with E-state index >= 15 is 0 Å². The van der Waals surface area contributed by atoms with Crippen LogP contribution in [0.1, 0.15) is 47.2 Å². The predicted octanol–water partition coefficient (Wildman–Crippen LogP) is 6.94. The second-order valence-electron chi connectivity index (χ2n) is 8.43. The molecule has 0 aliphatic heterocycles. The molecule has 2 heteroatoms. The molecule has 0 aromatic heterocycles. The minimum atomic E-state index is 0.0990. The molecule has 2 atom stereocenters. The molecule has 3 aromatic carbocycles. The molecule has 0 N–H and O–H groups in total. The summed E-state index contributed by atoms with van der Waals surface area (Å²) in [6, 6.07) is 21.1. The Hall–Kier alpha value is -2.74. The van der Waals surface area contributed by atoms with E-state index in [0.29, 0.717) is 0 Å². The van der Waals surface area contributed by atoms with Crippen molar-refractivity contribution in [3.8, 4) is 11.5 Å². The molecule has 0 heterocycles. The first kappa shape index (κ1) is 22.0. The van der Waals surface area contributed by atoms with E-state index in [1.54, 1.807) is 0 Å². The minimum Gasteiger partial charge on any atom is -0.490 e. The molecule has 0 spiro atoms. The molecule has 0 radical (unpaired) electrons. The van der Waals surface area contributed by atoms with Gasteiger partial charge in [0.2, 0.25) is 0 Å². The van der Waals surface area contributed by atoms with Gasteiger partial charge in [0.15, 0.2) is 0 Å². The first-order chi connectivity index (χ1) is 14.3. The van der Waals surface area contributed by atoms with E-state index in [2.05, 4.69) is 102 Å². The molecule has 0 bridgehead atoms. The number of hydrogen-bond acceptors (Lipinski definition) is 2. The van der Waals surface area contributed by atoms with Crippen LogP contribution in [0, 0.1) is 27.7 Å². The van der Waals surface area contributed by atoms with Gasteiger partial charge in [-0.3, -0.25) is 0 Å². The van der Waals surface area contributed by atoms with Gasteiger partial charge in [-0.2, -0.15) is 0 Å². The number of rotatable bonds is 8. The van der Waals surface area contributed by atoms with Gasteiger partial charge < -0.3 is 9.47 Å². The largest absolute Gasteiger partial charge is 0.490 e. The Kier molecular flexibility index (Phi) is 7.20. The molecule has 0 aliphatic carbocycles. The zero-order chi connectivity index (χ0) is 21.7. The molecule has 0 amide bonds. The fourth-order valence-electron chi connectivity index (χ4n) is 3.80. The first-order valence-corrected chi connectivity index (χ1v) is 10.9. The molecular formula is C28H34O2. The molecule has 2 nitrogen and oxygen atoms in total. The van der Waals surface area contributed by atoms with Crippen LogP contribution in [0.25, 0.3) is 0 Å². The van der Waals surface area contributed by atoms with E-state index in [-0.39, 0.29) is 12.2 Å². The van der Waals surface area contributed by atoms with Crippen LogP contribution in [-0.2, 0) is 12.8 Å². The van der Waals surface area contributed by atoms with E-state index in [9.17, 15) is 0 Å². The van der Waals surface area contributed by atoms with E-state index in [0.717, 1.165) is 24.3 Å². The number of ether oxygens (including phenoxy) is 2. The average molecular weight is 403 g/mol. The molecule has 0 fully saturated rings. The van der Waals surface area contributed by atoms with E-state index in [1.165, 1.54) is 33.4 Å². The quantitative estimate of drug-likeness (QED) is 0.406. The van der Waals surface area contributed by atoms with E-state index < -0.39 is 0 Å². The lowest BCUT2D eigenvalue weighted by atomic mass is 9.97. The Morgan fingerprint density at radius 2 is 0.967 bits per heavy atom. The van der Waals surface area contributed by atoms with Crippen LogP contribution in [0.3, 0.4) is 0 Å². The number of hydrogen-bond donors (Lipinski definition) is 0. The van der Waals surface area contributed by atoms with Gasteiger partial charge >= 0.3 is 0 Å². The van der Waals surface area contributed by atoms with Gasteiger partial charge in [-0.1, -0.05) is 48.5 Å².